The van der Waals surface area contributed by atoms with Gasteiger partial charge in [-0.25, -0.2) is 4.39 Å². The zero-order chi connectivity index (χ0) is 12.3. The van der Waals surface area contributed by atoms with Crippen LogP contribution in [0.3, 0.4) is 0 Å². The molecule has 17 heavy (non-hydrogen) atoms. The van der Waals surface area contributed by atoms with Gasteiger partial charge in [-0.3, -0.25) is 0 Å². The number of nitrogens with two attached hydrogens (primary N) is 1. The SMILES string of the molecule is NCC(c1ccc(F)cc1)c1ccc(Br)cc1. The molecule has 0 aliphatic rings. The second-order valence-electron chi connectivity index (χ2n) is 3.89. The van der Waals surface area contributed by atoms with Crippen LogP contribution in [-0.2, 0) is 0 Å². The number of halogens is 2. The molecular weight excluding hydrogens is 281 g/mol. The molecule has 1 nitrogen and oxygen atoms in total. The van der Waals surface area contributed by atoms with Crippen molar-refractivity contribution in [2.45, 2.75) is 5.92 Å². The van der Waals surface area contributed by atoms with E-state index in [1.165, 1.54) is 12.1 Å². The van der Waals surface area contributed by atoms with Crippen LogP contribution in [-0.4, -0.2) is 6.54 Å². The average molecular weight is 294 g/mol. The van der Waals surface area contributed by atoms with Crippen molar-refractivity contribution in [1.82, 2.24) is 0 Å². The average Bonchev–Trinajstić information content (AvgIpc) is 2.35. The lowest BCUT2D eigenvalue weighted by atomic mass is 9.91. The van der Waals surface area contributed by atoms with E-state index in [0.717, 1.165) is 15.6 Å². The summed E-state index contributed by atoms with van der Waals surface area (Å²) in [5.41, 5.74) is 7.99. The van der Waals surface area contributed by atoms with Gasteiger partial charge >= 0.3 is 0 Å². The molecule has 2 rings (SSSR count). The fourth-order valence-electron chi connectivity index (χ4n) is 1.85. The normalized spacial score (nSPS) is 12.4. The van der Waals surface area contributed by atoms with Crippen LogP contribution in [0.2, 0.25) is 0 Å². The lowest BCUT2D eigenvalue weighted by Crippen LogP contribution is -2.13. The van der Waals surface area contributed by atoms with Gasteiger partial charge in [-0.05, 0) is 35.4 Å². The molecule has 0 bridgehead atoms. The van der Waals surface area contributed by atoms with Crippen LogP contribution in [0, 0.1) is 5.82 Å². The first kappa shape index (κ1) is 12.3. The van der Waals surface area contributed by atoms with Crippen molar-refractivity contribution in [1.29, 1.82) is 0 Å². The first-order valence-electron chi connectivity index (χ1n) is 5.41. The van der Waals surface area contributed by atoms with Crippen LogP contribution in [0.15, 0.2) is 53.0 Å². The van der Waals surface area contributed by atoms with Gasteiger partial charge in [0.1, 0.15) is 5.82 Å². The third-order valence-electron chi connectivity index (χ3n) is 2.78. The van der Waals surface area contributed by atoms with Gasteiger partial charge in [0.05, 0.1) is 0 Å². The molecule has 0 spiro atoms. The van der Waals surface area contributed by atoms with Gasteiger partial charge in [-0.1, -0.05) is 40.2 Å². The highest BCUT2D eigenvalue weighted by molar-refractivity contribution is 9.10. The van der Waals surface area contributed by atoms with Gasteiger partial charge in [0, 0.05) is 16.9 Å². The molecule has 0 radical (unpaired) electrons. The molecule has 88 valence electrons. The highest BCUT2D eigenvalue weighted by Crippen LogP contribution is 2.25. The molecule has 1 unspecified atom stereocenters. The topological polar surface area (TPSA) is 26.0 Å². The number of rotatable bonds is 3. The van der Waals surface area contributed by atoms with Crippen LogP contribution in [0.4, 0.5) is 4.39 Å². The molecular formula is C14H13BrFN. The summed E-state index contributed by atoms with van der Waals surface area (Å²) in [5.74, 6) is -0.107. The van der Waals surface area contributed by atoms with E-state index >= 15 is 0 Å². The fourth-order valence-corrected chi connectivity index (χ4v) is 2.12. The zero-order valence-electron chi connectivity index (χ0n) is 9.24. The van der Waals surface area contributed by atoms with Gasteiger partial charge < -0.3 is 5.73 Å². The van der Waals surface area contributed by atoms with Gasteiger partial charge in [-0.2, -0.15) is 0 Å². The van der Waals surface area contributed by atoms with E-state index in [1.54, 1.807) is 12.1 Å². The highest BCUT2D eigenvalue weighted by atomic mass is 79.9. The van der Waals surface area contributed by atoms with Crippen molar-refractivity contribution in [2.75, 3.05) is 6.54 Å². The third kappa shape index (κ3) is 2.93. The van der Waals surface area contributed by atoms with Crippen molar-refractivity contribution in [2.24, 2.45) is 5.73 Å². The Morgan fingerprint density at radius 2 is 1.41 bits per heavy atom. The number of hydrogen-bond acceptors (Lipinski definition) is 1. The van der Waals surface area contributed by atoms with Crippen LogP contribution >= 0.6 is 15.9 Å². The quantitative estimate of drug-likeness (QED) is 0.918. The maximum Gasteiger partial charge on any atom is 0.123 e. The maximum atomic E-state index is 12.9. The second-order valence-corrected chi connectivity index (χ2v) is 4.81. The molecule has 0 aliphatic carbocycles. The van der Waals surface area contributed by atoms with Crippen molar-refractivity contribution in [3.8, 4) is 0 Å². The monoisotopic (exact) mass is 293 g/mol. The van der Waals surface area contributed by atoms with E-state index in [-0.39, 0.29) is 11.7 Å². The Bertz CT molecular complexity index is 433. The summed E-state index contributed by atoms with van der Waals surface area (Å²) in [6, 6.07) is 14.6. The first-order valence-corrected chi connectivity index (χ1v) is 6.21. The second kappa shape index (κ2) is 5.43. The molecule has 2 aromatic carbocycles. The summed E-state index contributed by atoms with van der Waals surface area (Å²) >= 11 is 3.40. The van der Waals surface area contributed by atoms with Crippen molar-refractivity contribution in [3.63, 3.8) is 0 Å². The maximum absolute atomic E-state index is 12.9. The minimum absolute atomic E-state index is 0.115. The number of hydrogen-bond donors (Lipinski definition) is 1. The van der Waals surface area contributed by atoms with Gasteiger partial charge in [0.25, 0.3) is 0 Å². The van der Waals surface area contributed by atoms with Crippen LogP contribution in [0.25, 0.3) is 0 Å². The molecule has 0 saturated carbocycles. The lowest BCUT2D eigenvalue weighted by molar-refractivity contribution is 0.626. The lowest BCUT2D eigenvalue weighted by Gasteiger charge is -2.15. The van der Waals surface area contributed by atoms with Gasteiger partial charge in [-0.15, -0.1) is 0 Å². The molecule has 1 atom stereocenters. The molecule has 0 fully saturated rings. The molecule has 0 amide bonds. The summed E-state index contributed by atoms with van der Waals surface area (Å²) in [4.78, 5) is 0. The highest BCUT2D eigenvalue weighted by Gasteiger charge is 2.12. The van der Waals surface area contributed by atoms with Crippen LogP contribution in [0.1, 0.15) is 17.0 Å². The van der Waals surface area contributed by atoms with E-state index in [2.05, 4.69) is 15.9 Å². The summed E-state index contributed by atoms with van der Waals surface area (Å²) in [7, 11) is 0. The third-order valence-corrected chi connectivity index (χ3v) is 3.31. The van der Waals surface area contributed by atoms with Gasteiger partial charge in [0.15, 0.2) is 0 Å². The van der Waals surface area contributed by atoms with E-state index in [0.29, 0.717) is 6.54 Å². The molecule has 2 N–H and O–H groups in total. The minimum Gasteiger partial charge on any atom is -0.330 e. The Kier molecular flexibility index (Phi) is 3.92. The van der Waals surface area contributed by atoms with E-state index in [1.807, 2.05) is 24.3 Å². The van der Waals surface area contributed by atoms with Crippen molar-refractivity contribution >= 4 is 15.9 Å². The minimum atomic E-state index is -0.222. The predicted octanol–water partition coefficient (Wildman–Crippen LogP) is 3.68. The molecule has 2 aromatic rings. The van der Waals surface area contributed by atoms with Crippen molar-refractivity contribution < 1.29 is 4.39 Å². The summed E-state index contributed by atoms with van der Waals surface area (Å²) in [6.45, 7) is 0.507. The Labute approximate surface area is 109 Å². The Hall–Kier alpha value is -1.19. The molecule has 0 aromatic heterocycles. The van der Waals surface area contributed by atoms with Crippen LogP contribution < -0.4 is 5.73 Å². The molecule has 3 heteroatoms. The largest absolute Gasteiger partial charge is 0.330 e. The van der Waals surface area contributed by atoms with Crippen LogP contribution in [0.5, 0.6) is 0 Å². The van der Waals surface area contributed by atoms with Crippen molar-refractivity contribution in [3.05, 3.63) is 69.9 Å². The van der Waals surface area contributed by atoms with E-state index in [9.17, 15) is 4.39 Å². The fraction of sp³-hybridized carbons (Fsp3) is 0.143. The Morgan fingerprint density at radius 3 is 1.88 bits per heavy atom. The van der Waals surface area contributed by atoms with E-state index in [4.69, 9.17) is 5.73 Å². The Morgan fingerprint density at radius 1 is 0.941 bits per heavy atom. The number of benzene rings is 2. The smallest absolute Gasteiger partial charge is 0.123 e. The van der Waals surface area contributed by atoms with Gasteiger partial charge in [0.2, 0.25) is 0 Å². The first-order chi connectivity index (χ1) is 8.20. The standard InChI is InChI=1S/C14H13BrFN/c15-12-5-1-10(2-6-12)14(9-17)11-3-7-13(16)8-4-11/h1-8,14H,9,17H2. The molecule has 0 saturated heterocycles. The summed E-state index contributed by atoms with van der Waals surface area (Å²) in [5, 5.41) is 0. The Balaban J connectivity index is 2.33. The van der Waals surface area contributed by atoms with E-state index < -0.39 is 0 Å². The summed E-state index contributed by atoms with van der Waals surface area (Å²) in [6.07, 6.45) is 0. The zero-order valence-corrected chi connectivity index (χ0v) is 10.8. The molecule has 0 aliphatic heterocycles. The summed E-state index contributed by atoms with van der Waals surface area (Å²) < 4.78 is 13.9. The predicted molar refractivity (Wildman–Crippen MR) is 71.4 cm³/mol. The molecule has 0 heterocycles.